The molecule has 2 rings (SSSR count). The highest BCUT2D eigenvalue weighted by Crippen LogP contribution is 2.29. The molecule has 2 N–H and O–H groups in total. The second kappa shape index (κ2) is 4.06. The van der Waals surface area contributed by atoms with Gasteiger partial charge in [-0.2, -0.15) is 0 Å². The zero-order valence-electron chi connectivity index (χ0n) is 8.83. The van der Waals surface area contributed by atoms with Gasteiger partial charge in [0.1, 0.15) is 5.75 Å². The molecule has 0 aliphatic carbocycles. The number of ether oxygens (including phenoxy) is 1. The molecular weight excluding hydrogens is 208 g/mol. The van der Waals surface area contributed by atoms with E-state index in [-0.39, 0.29) is 0 Å². The van der Waals surface area contributed by atoms with E-state index in [0.717, 1.165) is 28.7 Å². The molecule has 0 radical (unpaired) electrons. The van der Waals surface area contributed by atoms with Crippen LogP contribution >= 0.6 is 12.2 Å². The molecule has 0 saturated heterocycles. The molecule has 0 aromatic heterocycles. The van der Waals surface area contributed by atoms with Gasteiger partial charge in [0.2, 0.25) is 0 Å². The summed E-state index contributed by atoms with van der Waals surface area (Å²) in [6.07, 6.45) is 0. The molecule has 0 bridgehead atoms. The predicted octanol–water partition coefficient (Wildman–Crippen LogP) is 2.50. The number of hydrogen-bond donors (Lipinski definition) is 2. The van der Waals surface area contributed by atoms with E-state index in [4.69, 9.17) is 17.0 Å². The van der Waals surface area contributed by atoms with Gasteiger partial charge in [-0.1, -0.05) is 19.1 Å². The summed E-state index contributed by atoms with van der Waals surface area (Å²) in [6.45, 7) is 2.96. The third-order valence-electron chi connectivity index (χ3n) is 2.53. The van der Waals surface area contributed by atoms with Crippen molar-refractivity contribution in [2.45, 2.75) is 6.92 Å². The lowest BCUT2D eigenvalue weighted by Crippen LogP contribution is -2.20. The first-order chi connectivity index (χ1) is 7.20. The third kappa shape index (κ3) is 2.04. The van der Waals surface area contributed by atoms with Crippen molar-refractivity contribution in [2.24, 2.45) is 5.92 Å². The standard InChI is InChI=1S/C11H14N2OS/c1-7-6-12-10-5-8(14-2)3-4-9(10)13-11(7)15/h3-5,7,12H,6H2,1-2H3,(H,13,15)/t7-/m0/s1. The molecule has 80 valence electrons. The lowest BCUT2D eigenvalue weighted by molar-refractivity contribution is 0.415. The second-order valence-electron chi connectivity index (χ2n) is 3.68. The molecule has 1 aromatic rings. The van der Waals surface area contributed by atoms with Gasteiger partial charge in [-0.25, -0.2) is 0 Å². The van der Waals surface area contributed by atoms with Gasteiger partial charge in [0.15, 0.2) is 0 Å². The summed E-state index contributed by atoms with van der Waals surface area (Å²) in [7, 11) is 1.67. The Morgan fingerprint density at radius 1 is 1.40 bits per heavy atom. The predicted molar refractivity (Wildman–Crippen MR) is 66.9 cm³/mol. The molecule has 3 nitrogen and oxygen atoms in total. The van der Waals surface area contributed by atoms with Crippen LogP contribution in [-0.4, -0.2) is 18.6 Å². The summed E-state index contributed by atoms with van der Waals surface area (Å²) in [5, 5.41) is 6.59. The number of nitrogens with one attached hydrogen (secondary N) is 2. The Labute approximate surface area is 94.8 Å². The number of benzene rings is 1. The van der Waals surface area contributed by atoms with Gasteiger partial charge in [-0.05, 0) is 12.1 Å². The van der Waals surface area contributed by atoms with E-state index in [1.165, 1.54) is 0 Å². The van der Waals surface area contributed by atoms with Crippen LogP contribution in [-0.2, 0) is 0 Å². The van der Waals surface area contributed by atoms with E-state index in [2.05, 4.69) is 17.6 Å². The lowest BCUT2D eigenvalue weighted by Gasteiger charge is -2.09. The minimum atomic E-state index is 0.346. The van der Waals surface area contributed by atoms with Gasteiger partial charge in [0.25, 0.3) is 0 Å². The van der Waals surface area contributed by atoms with E-state index in [1.807, 2.05) is 18.2 Å². The smallest absolute Gasteiger partial charge is 0.121 e. The fraction of sp³-hybridized carbons (Fsp3) is 0.364. The van der Waals surface area contributed by atoms with Gasteiger partial charge in [-0.3, -0.25) is 0 Å². The average Bonchev–Trinajstić information content (AvgIpc) is 2.39. The normalized spacial score (nSPS) is 19.6. The van der Waals surface area contributed by atoms with Crippen LogP contribution in [0.2, 0.25) is 0 Å². The van der Waals surface area contributed by atoms with Crippen LogP contribution < -0.4 is 15.4 Å². The van der Waals surface area contributed by atoms with Crippen LogP contribution in [0.1, 0.15) is 6.92 Å². The summed E-state index contributed by atoms with van der Waals surface area (Å²) in [5.74, 6) is 1.20. The first-order valence-corrected chi connectivity index (χ1v) is 5.34. The van der Waals surface area contributed by atoms with Crippen molar-refractivity contribution in [2.75, 3.05) is 24.3 Å². The number of thiocarbonyl (C=S) groups is 1. The fourth-order valence-corrected chi connectivity index (χ4v) is 1.71. The van der Waals surface area contributed by atoms with Crippen molar-refractivity contribution in [3.8, 4) is 5.75 Å². The van der Waals surface area contributed by atoms with Gasteiger partial charge >= 0.3 is 0 Å². The molecule has 15 heavy (non-hydrogen) atoms. The molecule has 1 aliphatic heterocycles. The Kier molecular flexibility index (Phi) is 2.77. The average molecular weight is 222 g/mol. The molecule has 0 saturated carbocycles. The number of methoxy groups -OCH3 is 1. The Morgan fingerprint density at radius 3 is 2.93 bits per heavy atom. The molecule has 1 atom stereocenters. The van der Waals surface area contributed by atoms with E-state index in [0.29, 0.717) is 5.92 Å². The second-order valence-corrected chi connectivity index (χ2v) is 4.12. The van der Waals surface area contributed by atoms with Crippen molar-refractivity contribution in [1.82, 2.24) is 0 Å². The van der Waals surface area contributed by atoms with Crippen molar-refractivity contribution in [3.63, 3.8) is 0 Å². The van der Waals surface area contributed by atoms with Crippen molar-refractivity contribution < 1.29 is 4.74 Å². The Hall–Kier alpha value is -1.29. The van der Waals surface area contributed by atoms with Crippen LogP contribution in [0.4, 0.5) is 11.4 Å². The maximum absolute atomic E-state index is 5.27. The monoisotopic (exact) mass is 222 g/mol. The minimum Gasteiger partial charge on any atom is -0.497 e. The molecule has 1 aliphatic rings. The van der Waals surface area contributed by atoms with Gasteiger partial charge in [0.05, 0.1) is 23.5 Å². The van der Waals surface area contributed by atoms with Gasteiger partial charge < -0.3 is 15.4 Å². The SMILES string of the molecule is COc1ccc2c(c1)NC[C@H](C)C(=S)N2. The fourth-order valence-electron chi connectivity index (χ4n) is 1.52. The number of rotatable bonds is 1. The van der Waals surface area contributed by atoms with Crippen molar-refractivity contribution in [1.29, 1.82) is 0 Å². The summed E-state index contributed by atoms with van der Waals surface area (Å²) < 4.78 is 5.17. The van der Waals surface area contributed by atoms with E-state index >= 15 is 0 Å². The van der Waals surface area contributed by atoms with E-state index in [1.54, 1.807) is 7.11 Å². The maximum atomic E-state index is 5.27. The number of anilines is 2. The van der Waals surface area contributed by atoms with Crippen molar-refractivity contribution in [3.05, 3.63) is 18.2 Å². The molecule has 1 aromatic carbocycles. The largest absolute Gasteiger partial charge is 0.497 e. The first-order valence-electron chi connectivity index (χ1n) is 4.93. The minimum absolute atomic E-state index is 0.346. The first kappa shape index (κ1) is 10.2. The highest BCUT2D eigenvalue weighted by Gasteiger charge is 2.16. The highest BCUT2D eigenvalue weighted by molar-refractivity contribution is 7.80. The highest BCUT2D eigenvalue weighted by atomic mass is 32.1. The Morgan fingerprint density at radius 2 is 2.20 bits per heavy atom. The van der Waals surface area contributed by atoms with Crippen LogP contribution in [0.15, 0.2) is 18.2 Å². The van der Waals surface area contributed by atoms with Crippen LogP contribution in [0.5, 0.6) is 5.75 Å². The topological polar surface area (TPSA) is 33.3 Å². The van der Waals surface area contributed by atoms with Crippen LogP contribution in [0.25, 0.3) is 0 Å². The summed E-state index contributed by atoms with van der Waals surface area (Å²) in [5.41, 5.74) is 2.06. The lowest BCUT2D eigenvalue weighted by atomic mass is 10.2. The summed E-state index contributed by atoms with van der Waals surface area (Å²) >= 11 is 5.27. The molecule has 0 spiro atoms. The molecule has 1 heterocycles. The Bertz CT molecular complexity index is 392. The zero-order chi connectivity index (χ0) is 10.8. The number of hydrogen-bond acceptors (Lipinski definition) is 3. The molecule has 0 unspecified atom stereocenters. The van der Waals surface area contributed by atoms with E-state index < -0.39 is 0 Å². The Balaban J connectivity index is 2.34. The molecular formula is C11H14N2OS. The molecule has 4 heteroatoms. The van der Waals surface area contributed by atoms with Crippen molar-refractivity contribution >= 4 is 28.6 Å². The quantitative estimate of drug-likeness (QED) is 0.715. The van der Waals surface area contributed by atoms with Gasteiger partial charge in [0, 0.05) is 18.5 Å². The molecule has 0 fully saturated rings. The molecule has 0 amide bonds. The van der Waals surface area contributed by atoms with Gasteiger partial charge in [-0.15, -0.1) is 0 Å². The summed E-state index contributed by atoms with van der Waals surface area (Å²) in [6, 6.07) is 5.88. The number of fused-ring (bicyclic) bond motifs is 1. The van der Waals surface area contributed by atoms with Crippen LogP contribution in [0, 0.1) is 5.92 Å². The maximum Gasteiger partial charge on any atom is 0.121 e. The van der Waals surface area contributed by atoms with E-state index in [9.17, 15) is 0 Å². The zero-order valence-corrected chi connectivity index (χ0v) is 9.65. The summed E-state index contributed by atoms with van der Waals surface area (Å²) in [4.78, 5) is 0.881. The van der Waals surface area contributed by atoms with Crippen LogP contribution in [0.3, 0.4) is 0 Å². The third-order valence-corrected chi connectivity index (χ3v) is 3.04.